The normalized spacial score (nSPS) is 17.4. The van der Waals surface area contributed by atoms with E-state index >= 15 is 0 Å². The summed E-state index contributed by atoms with van der Waals surface area (Å²) >= 11 is 0. The fourth-order valence-corrected chi connectivity index (χ4v) is 2.31. The molecule has 1 aliphatic heterocycles. The maximum Gasteiger partial charge on any atom is 0.258 e. The molecule has 0 saturated carbocycles. The Balaban J connectivity index is 1.61. The molecule has 7 heteroatoms. The summed E-state index contributed by atoms with van der Waals surface area (Å²) in [6, 6.07) is 3.41. The van der Waals surface area contributed by atoms with E-state index in [0.29, 0.717) is 17.1 Å². The molecule has 2 aromatic rings. The van der Waals surface area contributed by atoms with Crippen LogP contribution in [0.5, 0.6) is 0 Å². The van der Waals surface area contributed by atoms with Crippen molar-refractivity contribution in [3.63, 3.8) is 0 Å². The van der Waals surface area contributed by atoms with Gasteiger partial charge in [0.1, 0.15) is 5.76 Å². The lowest BCUT2D eigenvalue weighted by Crippen LogP contribution is -2.19. The summed E-state index contributed by atoms with van der Waals surface area (Å²) in [5.74, 6) is 0.752. The Labute approximate surface area is 128 Å². The molecule has 1 aliphatic rings. The SMILES string of the molecule is Cc1cc(NC(=O)c2cncc(NCC3CCCO3)c2)no1. The second-order valence-electron chi connectivity index (χ2n) is 5.26. The summed E-state index contributed by atoms with van der Waals surface area (Å²) in [5, 5.41) is 9.65. The summed E-state index contributed by atoms with van der Waals surface area (Å²) in [6.45, 7) is 3.30. The Morgan fingerprint density at radius 3 is 3.05 bits per heavy atom. The Kier molecular flexibility index (Phi) is 4.34. The molecule has 1 unspecified atom stereocenters. The number of nitrogens with one attached hydrogen (secondary N) is 2. The molecule has 7 nitrogen and oxygen atoms in total. The average Bonchev–Trinajstić information content (AvgIpc) is 3.17. The van der Waals surface area contributed by atoms with Crippen molar-refractivity contribution in [3.8, 4) is 0 Å². The van der Waals surface area contributed by atoms with Gasteiger partial charge in [0, 0.05) is 31.6 Å². The van der Waals surface area contributed by atoms with Crippen LogP contribution in [-0.2, 0) is 4.74 Å². The van der Waals surface area contributed by atoms with E-state index in [1.165, 1.54) is 6.20 Å². The molecule has 2 aromatic heterocycles. The van der Waals surface area contributed by atoms with Gasteiger partial charge < -0.3 is 19.9 Å². The predicted molar refractivity (Wildman–Crippen MR) is 80.9 cm³/mol. The van der Waals surface area contributed by atoms with Crippen molar-refractivity contribution in [1.29, 1.82) is 0 Å². The van der Waals surface area contributed by atoms with Crippen LogP contribution < -0.4 is 10.6 Å². The topological polar surface area (TPSA) is 89.3 Å². The molecule has 0 spiro atoms. The van der Waals surface area contributed by atoms with E-state index in [2.05, 4.69) is 20.8 Å². The molecule has 1 fully saturated rings. The van der Waals surface area contributed by atoms with Gasteiger partial charge in [-0.15, -0.1) is 0 Å². The maximum absolute atomic E-state index is 12.2. The van der Waals surface area contributed by atoms with Gasteiger partial charge in [0.2, 0.25) is 0 Å². The summed E-state index contributed by atoms with van der Waals surface area (Å²) in [5.41, 5.74) is 1.25. The van der Waals surface area contributed by atoms with Gasteiger partial charge in [0.15, 0.2) is 5.82 Å². The number of hydrogen-bond donors (Lipinski definition) is 2. The van der Waals surface area contributed by atoms with Gasteiger partial charge in [-0.25, -0.2) is 0 Å². The Morgan fingerprint density at radius 2 is 2.32 bits per heavy atom. The van der Waals surface area contributed by atoms with Crippen LogP contribution in [-0.4, -0.2) is 35.3 Å². The minimum Gasteiger partial charge on any atom is -0.381 e. The molecule has 1 atom stereocenters. The van der Waals surface area contributed by atoms with Gasteiger partial charge in [-0.2, -0.15) is 0 Å². The molecule has 0 aliphatic carbocycles. The fourth-order valence-electron chi connectivity index (χ4n) is 2.31. The third kappa shape index (κ3) is 3.62. The number of aryl methyl sites for hydroxylation is 1. The van der Waals surface area contributed by atoms with Crippen molar-refractivity contribution in [1.82, 2.24) is 10.1 Å². The van der Waals surface area contributed by atoms with Crippen molar-refractivity contribution in [3.05, 3.63) is 35.9 Å². The number of aromatic nitrogens is 2. The smallest absolute Gasteiger partial charge is 0.258 e. The van der Waals surface area contributed by atoms with Crippen LogP contribution in [0.3, 0.4) is 0 Å². The van der Waals surface area contributed by atoms with E-state index in [0.717, 1.165) is 31.7 Å². The van der Waals surface area contributed by atoms with E-state index in [1.807, 2.05) is 0 Å². The molecule has 3 rings (SSSR count). The number of anilines is 2. The van der Waals surface area contributed by atoms with Crippen molar-refractivity contribution in [2.75, 3.05) is 23.8 Å². The van der Waals surface area contributed by atoms with Crippen LogP contribution in [0.2, 0.25) is 0 Å². The second-order valence-corrected chi connectivity index (χ2v) is 5.26. The highest BCUT2D eigenvalue weighted by atomic mass is 16.5. The van der Waals surface area contributed by atoms with E-state index < -0.39 is 0 Å². The Bertz CT molecular complexity index is 650. The highest BCUT2D eigenvalue weighted by Gasteiger charge is 2.15. The first-order chi connectivity index (χ1) is 10.7. The highest BCUT2D eigenvalue weighted by molar-refractivity contribution is 6.04. The first-order valence-corrected chi connectivity index (χ1v) is 7.26. The number of pyridine rings is 1. The maximum atomic E-state index is 12.2. The van der Waals surface area contributed by atoms with Crippen molar-refractivity contribution < 1.29 is 14.1 Å². The van der Waals surface area contributed by atoms with Crippen LogP contribution in [0.4, 0.5) is 11.5 Å². The lowest BCUT2D eigenvalue weighted by Gasteiger charge is -2.12. The average molecular weight is 302 g/mol. The monoisotopic (exact) mass is 302 g/mol. The zero-order valence-electron chi connectivity index (χ0n) is 12.3. The van der Waals surface area contributed by atoms with Gasteiger partial charge in [0.25, 0.3) is 5.91 Å². The van der Waals surface area contributed by atoms with Crippen LogP contribution in [0.1, 0.15) is 29.0 Å². The van der Waals surface area contributed by atoms with Crippen LogP contribution in [0.15, 0.2) is 29.0 Å². The zero-order chi connectivity index (χ0) is 15.4. The minimum absolute atomic E-state index is 0.232. The predicted octanol–water partition coefficient (Wildman–Crippen LogP) is 2.22. The third-order valence-corrected chi connectivity index (χ3v) is 3.43. The van der Waals surface area contributed by atoms with Gasteiger partial charge in [-0.05, 0) is 25.8 Å². The third-order valence-electron chi connectivity index (χ3n) is 3.43. The molecule has 116 valence electrons. The van der Waals surface area contributed by atoms with E-state index in [4.69, 9.17) is 9.26 Å². The summed E-state index contributed by atoms with van der Waals surface area (Å²) in [4.78, 5) is 16.2. The van der Waals surface area contributed by atoms with Gasteiger partial charge in [-0.3, -0.25) is 9.78 Å². The first-order valence-electron chi connectivity index (χ1n) is 7.26. The van der Waals surface area contributed by atoms with Gasteiger partial charge >= 0.3 is 0 Å². The molecular formula is C15H18N4O3. The van der Waals surface area contributed by atoms with Crippen molar-refractivity contribution in [2.24, 2.45) is 0 Å². The van der Waals surface area contributed by atoms with E-state index in [9.17, 15) is 4.79 Å². The number of carbonyl (C=O) groups is 1. The minimum atomic E-state index is -0.276. The molecule has 2 N–H and O–H groups in total. The number of rotatable bonds is 5. The van der Waals surface area contributed by atoms with Crippen LogP contribution >= 0.6 is 0 Å². The summed E-state index contributed by atoms with van der Waals surface area (Å²) < 4.78 is 10.5. The first kappa shape index (κ1) is 14.5. The molecule has 0 bridgehead atoms. The van der Waals surface area contributed by atoms with E-state index in [1.54, 1.807) is 25.3 Å². The van der Waals surface area contributed by atoms with Gasteiger partial charge in [-0.1, -0.05) is 5.16 Å². The number of hydrogen-bond acceptors (Lipinski definition) is 6. The number of nitrogens with zero attached hydrogens (tertiary/aromatic N) is 2. The molecule has 1 amide bonds. The molecule has 0 aromatic carbocycles. The van der Waals surface area contributed by atoms with Crippen LogP contribution in [0, 0.1) is 6.92 Å². The zero-order valence-corrected chi connectivity index (χ0v) is 12.3. The second kappa shape index (κ2) is 6.57. The lowest BCUT2D eigenvalue weighted by molar-refractivity contribution is 0.102. The molecule has 3 heterocycles. The van der Waals surface area contributed by atoms with Crippen molar-refractivity contribution in [2.45, 2.75) is 25.9 Å². The number of amides is 1. The molecule has 0 radical (unpaired) electrons. The van der Waals surface area contributed by atoms with Gasteiger partial charge in [0.05, 0.1) is 17.4 Å². The summed E-state index contributed by atoms with van der Waals surface area (Å²) in [6.07, 6.45) is 5.59. The van der Waals surface area contributed by atoms with Crippen molar-refractivity contribution >= 4 is 17.4 Å². The summed E-state index contributed by atoms with van der Waals surface area (Å²) in [7, 11) is 0. The molecule has 1 saturated heterocycles. The molecular weight excluding hydrogens is 284 g/mol. The highest BCUT2D eigenvalue weighted by Crippen LogP contribution is 2.15. The largest absolute Gasteiger partial charge is 0.381 e. The number of ether oxygens (including phenoxy) is 1. The Hall–Kier alpha value is -2.41. The Morgan fingerprint density at radius 1 is 1.41 bits per heavy atom. The lowest BCUT2D eigenvalue weighted by atomic mass is 10.2. The quantitative estimate of drug-likeness (QED) is 0.880. The van der Waals surface area contributed by atoms with Crippen LogP contribution in [0.25, 0.3) is 0 Å². The number of carbonyl (C=O) groups excluding carboxylic acids is 1. The molecule has 22 heavy (non-hydrogen) atoms. The fraction of sp³-hybridized carbons (Fsp3) is 0.400. The van der Waals surface area contributed by atoms with E-state index in [-0.39, 0.29) is 12.0 Å². The standard InChI is InChI=1S/C15H18N4O3/c1-10-5-14(19-22-10)18-15(20)11-6-12(8-16-7-11)17-9-13-3-2-4-21-13/h5-8,13,17H,2-4,9H2,1H3,(H,18,19,20).